The molecule has 8 heteroatoms. The van der Waals surface area contributed by atoms with Crippen molar-refractivity contribution in [2.24, 2.45) is 7.05 Å². The number of nitrogens with one attached hydrogen (secondary N) is 2. The van der Waals surface area contributed by atoms with Crippen LogP contribution in [0.2, 0.25) is 0 Å². The molecule has 0 aliphatic rings. The summed E-state index contributed by atoms with van der Waals surface area (Å²) in [5.41, 5.74) is 0.365. The van der Waals surface area contributed by atoms with Gasteiger partial charge in [-0.05, 0) is 39.8 Å². The second-order valence-corrected chi connectivity index (χ2v) is 6.30. The zero-order valence-corrected chi connectivity index (χ0v) is 14.4. The minimum absolute atomic E-state index is 0.0894. The number of ether oxygens (including phenoxy) is 1. The van der Waals surface area contributed by atoms with Gasteiger partial charge in [-0.3, -0.25) is 14.8 Å². The van der Waals surface area contributed by atoms with E-state index in [1.54, 1.807) is 63.8 Å². The summed E-state index contributed by atoms with van der Waals surface area (Å²) in [7, 11) is 1.75. The fourth-order valence-electron chi connectivity index (χ4n) is 1.90. The van der Waals surface area contributed by atoms with Crippen LogP contribution in [0.5, 0.6) is 0 Å². The van der Waals surface area contributed by atoms with E-state index in [1.165, 1.54) is 0 Å². The van der Waals surface area contributed by atoms with E-state index in [1.807, 2.05) is 0 Å². The van der Waals surface area contributed by atoms with Crippen LogP contribution < -0.4 is 10.6 Å². The summed E-state index contributed by atoms with van der Waals surface area (Å²) < 4.78 is 6.77. The number of pyridine rings is 1. The normalized spacial score (nSPS) is 11.0. The summed E-state index contributed by atoms with van der Waals surface area (Å²) in [5.74, 6) is -0.0718. The third-order valence-corrected chi connectivity index (χ3v) is 2.84. The molecular weight excluding hydrogens is 310 g/mol. The molecule has 0 radical (unpaired) electrons. The molecule has 0 aliphatic carbocycles. The Balaban J connectivity index is 2.20. The molecule has 0 spiro atoms. The van der Waals surface area contributed by atoms with Gasteiger partial charge in [0.2, 0.25) is 0 Å². The number of amides is 2. The predicted octanol–water partition coefficient (Wildman–Crippen LogP) is 2.72. The lowest BCUT2D eigenvalue weighted by atomic mass is 10.2. The summed E-state index contributed by atoms with van der Waals surface area (Å²) in [6.45, 7) is 7.03. The number of hydrogen-bond acceptors (Lipinski definition) is 5. The highest BCUT2D eigenvalue weighted by Crippen LogP contribution is 2.17. The minimum Gasteiger partial charge on any atom is -0.444 e. The Hall–Kier alpha value is -2.90. The van der Waals surface area contributed by atoms with E-state index in [-0.39, 0.29) is 11.4 Å². The first kappa shape index (κ1) is 17.5. The van der Waals surface area contributed by atoms with Gasteiger partial charge in [-0.1, -0.05) is 0 Å². The van der Waals surface area contributed by atoms with Crippen molar-refractivity contribution < 1.29 is 14.3 Å². The van der Waals surface area contributed by atoms with Gasteiger partial charge in [-0.25, -0.2) is 9.78 Å². The highest BCUT2D eigenvalue weighted by molar-refractivity contribution is 6.07. The third-order valence-electron chi connectivity index (χ3n) is 2.84. The van der Waals surface area contributed by atoms with Crippen LogP contribution in [0.25, 0.3) is 0 Å². The number of nitrogens with zero attached hydrogens (tertiary/aromatic N) is 3. The number of aromatic nitrogens is 3. The second-order valence-electron chi connectivity index (χ2n) is 6.30. The van der Waals surface area contributed by atoms with Crippen molar-refractivity contribution in [1.29, 1.82) is 0 Å². The van der Waals surface area contributed by atoms with Gasteiger partial charge in [0.25, 0.3) is 5.91 Å². The van der Waals surface area contributed by atoms with Crippen LogP contribution in [-0.4, -0.2) is 32.4 Å². The van der Waals surface area contributed by atoms with Gasteiger partial charge in [0.1, 0.15) is 5.60 Å². The highest BCUT2D eigenvalue weighted by atomic mass is 16.6. The molecule has 0 atom stereocenters. The molecule has 0 bridgehead atoms. The van der Waals surface area contributed by atoms with Crippen molar-refractivity contribution in [1.82, 2.24) is 14.8 Å². The molecule has 0 saturated heterocycles. The zero-order chi connectivity index (χ0) is 17.9. The molecule has 2 N–H and O–H groups in total. The van der Waals surface area contributed by atoms with E-state index in [0.29, 0.717) is 11.5 Å². The maximum atomic E-state index is 12.4. The fraction of sp³-hybridized carbons (Fsp3) is 0.375. The van der Waals surface area contributed by atoms with Gasteiger partial charge >= 0.3 is 6.09 Å². The number of rotatable bonds is 3. The van der Waals surface area contributed by atoms with Crippen molar-refractivity contribution in [3.8, 4) is 0 Å². The Morgan fingerprint density at radius 1 is 1.17 bits per heavy atom. The monoisotopic (exact) mass is 331 g/mol. The molecule has 0 fully saturated rings. The SMILES string of the molecule is Cc1ccc(NC(=O)OC(C)(C)C)c(C(=O)Nc2ccn(C)n2)n1. The summed E-state index contributed by atoms with van der Waals surface area (Å²) in [5, 5.41) is 9.28. The van der Waals surface area contributed by atoms with E-state index < -0.39 is 17.6 Å². The second kappa shape index (κ2) is 6.69. The van der Waals surface area contributed by atoms with Crippen LogP contribution >= 0.6 is 0 Å². The summed E-state index contributed by atoms with van der Waals surface area (Å²) >= 11 is 0. The first-order chi connectivity index (χ1) is 11.1. The molecule has 2 rings (SSSR count). The predicted molar refractivity (Wildman–Crippen MR) is 90.0 cm³/mol. The number of hydrogen-bond donors (Lipinski definition) is 2. The van der Waals surface area contributed by atoms with Crippen LogP contribution in [0.15, 0.2) is 24.4 Å². The Morgan fingerprint density at radius 2 is 1.88 bits per heavy atom. The first-order valence-corrected chi connectivity index (χ1v) is 7.43. The van der Waals surface area contributed by atoms with Crippen molar-refractivity contribution in [3.05, 3.63) is 35.8 Å². The lowest BCUT2D eigenvalue weighted by Crippen LogP contribution is -2.28. The standard InChI is InChI=1S/C16H21N5O3/c1-10-6-7-11(18-15(23)24-16(2,3)4)13(17-10)14(22)19-12-8-9-21(5)20-12/h6-9H,1-5H3,(H,18,23)(H,19,20,22). The third kappa shape index (κ3) is 4.80. The molecule has 0 saturated carbocycles. The van der Waals surface area contributed by atoms with E-state index in [2.05, 4.69) is 20.7 Å². The van der Waals surface area contributed by atoms with E-state index in [0.717, 1.165) is 0 Å². The molecular formula is C16H21N5O3. The van der Waals surface area contributed by atoms with Gasteiger partial charge in [0.15, 0.2) is 11.5 Å². The van der Waals surface area contributed by atoms with E-state index in [4.69, 9.17) is 4.74 Å². The Kier molecular flexibility index (Phi) is 4.87. The van der Waals surface area contributed by atoms with Crippen LogP contribution in [0.4, 0.5) is 16.3 Å². The fourth-order valence-corrected chi connectivity index (χ4v) is 1.90. The molecule has 8 nitrogen and oxygen atoms in total. The van der Waals surface area contributed by atoms with Gasteiger partial charge in [0, 0.05) is 25.0 Å². The van der Waals surface area contributed by atoms with Crippen molar-refractivity contribution in [2.45, 2.75) is 33.3 Å². The lowest BCUT2D eigenvalue weighted by Gasteiger charge is -2.20. The first-order valence-electron chi connectivity index (χ1n) is 7.43. The summed E-state index contributed by atoms with van der Waals surface area (Å²) in [6.07, 6.45) is 1.05. The molecule has 0 aromatic carbocycles. The van der Waals surface area contributed by atoms with Crippen LogP contribution in [0.3, 0.4) is 0 Å². The average Bonchev–Trinajstić information content (AvgIpc) is 2.84. The highest BCUT2D eigenvalue weighted by Gasteiger charge is 2.20. The molecule has 0 unspecified atom stereocenters. The molecule has 2 heterocycles. The van der Waals surface area contributed by atoms with Crippen molar-refractivity contribution in [3.63, 3.8) is 0 Å². The lowest BCUT2D eigenvalue weighted by molar-refractivity contribution is 0.0636. The van der Waals surface area contributed by atoms with Crippen molar-refractivity contribution in [2.75, 3.05) is 10.6 Å². The van der Waals surface area contributed by atoms with Gasteiger partial charge in [-0.15, -0.1) is 0 Å². The van der Waals surface area contributed by atoms with Crippen molar-refractivity contribution >= 4 is 23.5 Å². The Morgan fingerprint density at radius 3 is 2.46 bits per heavy atom. The van der Waals surface area contributed by atoms with E-state index in [9.17, 15) is 9.59 Å². The number of carbonyl (C=O) groups is 2. The summed E-state index contributed by atoms with van der Waals surface area (Å²) in [6, 6.07) is 4.97. The van der Waals surface area contributed by atoms with Gasteiger partial charge in [0.05, 0.1) is 5.69 Å². The van der Waals surface area contributed by atoms with Crippen LogP contribution in [0, 0.1) is 6.92 Å². The Labute approximate surface area is 140 Å². The molecule has 2 aromatic rings. The largest absolute Gasteiger partial charge is 0.444 e. The van der Waals surface area contributed by atoms with E-state index >= 15 is 0 Å². The number of carbonyl (C=O) groups excluding carboxylic acids is 2. The topological polar surface area (TPSA) is 98.1 Å². The maximum Gasteiger partial charge on any atom is 0.412 e. The zero-order valence-electron chi connectivity index (χ0n) is 14.4. The van der Waals surface area contributed by atoms with Crippen LogP contribution in [-0.2, 0) is 11.8 Å². The van der Waals surface area contributed by atoms with Crippen LogP contribution in [0.1, 0.15) is 37.0 Å². The molecule has 2 amide bonds. The Bertz CT molecular complexity index is 761. The smallest absolute Gasteiger partial charge is 0.412 e. The quantitative estimate of drug-likeness (QED) is 0.901. The molecule has 2 aromatic heterocycles. The number of aryl methyl sites for hydroxylation is 2. The van der Waals surface area contributed by atoms with Gasteiger partial charge < -0.3 is 10.1 Å². The average molecular weight is 331 g/mol. The molecule has 0 aliphatic heterocycles. The summed E-state index contributed by atoms with van der Waals surface area (Å²) in [4.78, 5) is 28.6. The maximum absolute atomic E-state index is 12.4. The number of anilines is 2. The molecule has 128 valence electrons. The molecule has 24 heavy (non-hydrogen) atoms. The van der Waals surface area contributed by atoms with Gasteiger partial charge in [-0.2, -0.15) is 5.10 Å². The minimum atomic E-state index is -0.653.